The molecule has 0 spiro atoms. The molecule has 0 aromatic rings. The monoisotopic (exact) mass is 285 g/mol. The van der Waals surface area contributed by atoms with Crippen molar-refractivity contribution in [3.63, 3.8) is 0 Å². The largest absolute Gasteiger partial charge is 0.477 e. The van der Waals surface area contributed by atoms with E-state index in [1.54, 1.807) is 20.8 Å². The number of carbonyl (C=O) groups is 2. The van der Waals surface area contributed by atoms with Crippen LogP contribution in [0.2, 0.25) is 0 Å². The molecule has 1 aliphatic rings. The maximum atomic E-state index is 11.6. The Kier molecular flexibility index (Phi) is 4.81. The molecule has 6 heteroatoms. The molecule has 2 N–H and O–H groups in total. The van der Waals surface area contributed by atoms with E-state index in [9.17, 15) is 9.59 Å². The second-order valence-corrected chi connectivity index (χ2v) is 6.47. The third-order valence-corrected chi connectivity index (χ3v) is 2.72. The maximum absolute atomic E-state index is 11.6. The Morgan fingerprint density at radius 1 is 1.40 bits per heavy atom. The normalized spacial score (nSPS) is 22.4. The molecular weight excluding hydrogens is 262 g/mol. The Morgan fingerprint density at radius 3 is 2.40 bits per heavy atom. The van der Waals surface area contributed by atoms with Crippen molar-refractivity contribution in [1.29, 1.82) is 0 Å². The minimum atomic E-state index is -1.22. The molecule has 0 aromatic carbocycles. The van der Waals surface area contributed by atoms with Crippen LogP contribution < -0.4 is 5.32 Å². The van der Waals surface area contributed by atoms with Crippen molar-refractivity contribution in [2.24, 2.45) is 0 Å². The van der Waals surface area contributed by atoms with Crippen LogP contribution in [0.15, 0.2) is 11.8 Å². The first-order valence-electron chi connectivity index (χ1n) is 6.61. The number of aliphatic carboxylic acids is 1. The fourth-order valence-corrected chi connectivity index (χ4v) is 1.90. The van der Waals surface area contributed by atoms with E-state index in [0.717, 1.165) is 12.8 Å². The Bertz CT molecular complexity index is 420. The molecule has 1 rings (SSSR count). The van der Waals surface area contributed by atoms with Crippen molar-refractivity contribution in [3.05, 3.63) is 11.8 Å². The molecule has 1 amide bonds. The van der Waals surface area contributed by atoms with Crippen LogP contribution >= 0.6 is 0 Å². The fraction of sp³-hybridized carbons (Fsp3) is 0.714. The summed E-state index contributed by atoms with van der Waals surface area (Å²) < 4.78 is 10.7. The predicted octanol–water partition coefficient (Wildman–Crippen LogP) is 2.44. The van der Waals surface area contributed by atoms with Crippen LogP contribution in [0.25, 0.3) is 0 Å². The Labute approximate surface area is 119 Å². The molecule has 114 valence electrons. The highest BCUT2D eigenvalue weighted by Crippen LogP contribution is 2.30. The number of carboxylic acid groups (broad SMARTS) is 1. The fourth-order valence-electron chi connectivity index (χ4n) is 1.90. The van der Waals surface area contributed by atoms with E-state index in [1.807, 2.05) is 13.8 Å². The van der Waals surface area contributed by atoms with Gasteiger partial charge < -0.3 is 14.6 Å². The first kappa shape index (κ1) is 16.5. The van der Waals surface area contributed by atoms with Gasteiger partial charge in [-0.3, -0.25) is 5.32 Å². The SMILES string of the molecule is CC(C)(C)OC(=O)N/C(=C\[C@H]1CCC(C)(C)O1)C(=O)O. The summed E-state index contributed by atoms with van der Waals surface area (Å²) in [4.78, 5) is 22.8. The average Bonchev–Trinajstić information content (AvgIpc) is 2.54. The summed E-state index contributed by atoms with van der Waals surface area (Å²) in [5.74, 6) is -1.22. The number of ether oxygens (including phenoxy) is 2. The van der Waals surface area contributed by atoms with E-state index >= 15 is 0 Å². The number of hydrogen-bond acceptors (Lipinski definition) is 4. The quantitative estimate of drug-likeness (QED) is 0.778. The van der Waals surface area contributed by atoms with Crippen LogP contribution in [0, 0.1) is 0 Å². The molecule has 6 nitrogen and oxygen atoms in total. The molecule has 0 aliphatic carbocycles. The Morgan fingerprint density at radius 2 is 2.00 bits per heavy atom. The second kappa shape index (κ2) is 5.83. The van der Waals surface area contributed by atoms with Gasteiger partial charge in [0, 0.05) is 0 Å². The van der Waals surface area contributed by atoms with Gasteiger partial charge in [-0.1, -0.05) is 0 Å². The molecule has 20 heavy (non-hydrogen) atoms. The van der Waals surface area contributed by atoms with Crippen LogP contribution in [0.4, 0.5) is 4.79 Å². The lowest BCUT2D eigenvalue weighted by Gasteiger charge is -2.20. The summed E-state index contributed by atoms with van der Waals surface area (Å²) in [6.07, 6.45) is 1.88. The van der Waals surface area contributed by atoms with Gasteiger partial charge >= 0.3 is 12.1 Å². The highest BCUT2D eigenvalue weighted by molar-refractivity contribution is 5.90. The van der Waals surface area contributed by atoms with Crippen LogP contribution in [0.1, 0.15) is 47.5 Å². The third kappa shape index (κ3) is 5.61. The number of carbonyl (C=O) groups excluding carboxylic acids is 1. The molecular formula is C14H23NO5. The van der Waals surface area contributed by atoms with E-state index in [1.165, 1.54) is 6.08 Å². The van der Waals surface area contributed by atoms with Crippen molar-refractivity contribution >= 4 is 12.1 Å². The first-order valence-corrected chi connectivity index (χ1v) is 6.61. The predicted molar refractivity (Wildman–Crippen MR) is 73.3 cm³/mol. The van der Waals surface area contributed by atoms with Gasteiger partial charge in [-0.25, -0.2) is 9.59 Å². The standard InChI is InChI=1S/C14H23NO5/c1-13(2,3)20-12(18)15-10(11(16)17)8-9-6-7-14(4,5)19-9/h8-9H,6-7H2,1-5H3,(H,15,18)(H,16,17)/b10-8-/t9-/m1/s1. The van der Waals surface area contributed by atoms with Gasteiger partial charge in [0.05, 0.1) is 11.7 Å². The third-order valence-electron chi connectivity index (χ3n) is 2.72. The lowest BCUT2D eigenvalue weighted by Crippen LogP contribution is -2.34. The molecule has 1 atom stereocenters. The summed E-state index contributed by atoms with van der Waals surface area (Å²) >= 11 is 0. The van der Waals surface area contributed by atoms with E-state index < -0.39 is 17.7 Å². The highest BCUT2D eigenvalue weighted by Gasteiger charge is 2.31. The molecule has 0 bridgehead atoms. The molecule has 0 unspecified atom stereocenters. The summed E-state index contributed by atoms with van der Waals surface area (Å²) in [6.45, 7) is 9.02. The van der Waals surface area contributed by atoms with Crippen LogP contribution in [-0.2, 0) is 14.3 Å². The second-order valence-electron chi connectivity index (χ2n) is 6.47. The Balaban J connectivity index is 2.71. The summed E-state index contributed by atoms with van der Waals surface area (Å²) in [5.41, 5.74) is -1.17. The van der Waals surface area contributed by atoms with Gasteiger partial charge in [-0.05, 0) is 53.5 Å². The van der Waals surface area contributed by atoms with Gasteiger partial charge in [0.2, 0.25) is 0 Å². The number of nitrogens with one attached hydrogen (secondary N) is 1. The number of rotatable bonds is 3. The summed E-state index contributed by atoms with van der Waals surface area (Å²) in [5, 5.41) is 11.4. The molecule has 0 saturated carbocycles. The van der Waals surface area contributed by atoms with E-state index in [-0.39, 0.29) is 17.4 Å². The van der Waals surface area contributed by atoms with Crippen molar-refractivity contribution in [2.75, 3.05) is 0 Å². The number of carboxylic acids is 1. The minimum absolute atomic E-state index is 0.220. The van der Waals surface area contributed by atoms with Crippen LogP contribution in [0.3, 0.4) is 0 Å². The topological polar surface area (TPSA) is 84.9 Å². The molecule has 1 fully saturated rings. The molecule has 1 saturated heterocycles. The van der Waals surface area contributed by atoms with Gasteiger partial charge in [0.25, 0.3) is 0 Å². The van der Waals surface area contributed by atoms with Gasteiger partial charge in [-0.15, -0.1) is 0 Å². The van der Waals surface area contributed by atoms with Crippen molar-refractivity contribution in [2.45, 2.75) is 64.8 Å². The van der Waals surface area contributed by atoms with Gasteiger partial charge in [-0.2, -0.15) is 0 Å². The minimum Gasteiger partial charge on any atom is -0.477 e. The number of hydrogen-bond donors (Lipinski definition) is 2. The zero-order chi connectivity index (χ0) is 15.6. The zero-order valence-electron chi connectivity index (χ0n) is 12.6. The number of amides is 1. The number of alkyl carbamates (subject to hydrolysis) is 1. The van der Waals surface area contributed by atoms with E-state index in [0.29, 0.717) is 0 Å². The Hall–Kier alpha value is -1.56. The van der Waals surface area contributed by atoms with Crippen molar-refractivity contribution in [3.8, 4) is 0 Å². The zero-order valence-corrected chi connectivity index (χ0v) is 12.6. The highest BCUT2D eigenvalue weighted by atomic mass is 16.6. The average molecular weight is 285 g/mol. The van der Waals surface area contributed by atoms with Crippen LogP contribution in [-0.4, -0.2) is 34.5 Å². The maximum Gasteiger partial charge on any atom is 0.412 e. The molecule has 0 radical (unpaired) electrons. The first-order chi connectivity index (χ1) is 8.98. The summed E-state index contributed by atoms with van der Waals surface area (Å²) in [6, 6.07) is 0. The molecule has 0 aromatic heterocycles. The smallest absolute Gasteiger partial charge is 0.412 e. The van der Waals surface area contributed by atoms with Gasteiger partial charge in [0.15, 0.2) is 0 Å². The lowest BCUT2D eigenvalue weighted by atomic mass is 10.1. The van der Waals surface area contributed by atoms with Crippen molar-refractivity contribution < 1.29 is 24.2 Å². The molecule has 1 aliphatic heterocycles. The molecule has 1 heterocycles. The van der Waals surface area contributed by atoms with Crippen molar-refractivity contribution in [1.82, 2.24) is 5.32 Å². The summed E-state index contributed by atoms with van der Waals surface area (Å²) in [7, 11) is 0. The van der Waals surface area contributed by atoms with Crippen LogP contribution in [0.5, 0.6) is 0 Å². The van der Waals surface area contributed by atoms with E-state index in [2.05, 4.69) is 5.32 Å². The lowest BCUT2D eigenvalue weighted by molar-refractivity contribution is -0.133. The van der Waals surface area contributed by atoms with Gasteiger partial charge in [0.1, 0.15) is 11.3 Å². The van der Waals surface area contributed by atoms with E-state index in [4.69, 9.17) is 14.6 Å².